The SMILES string of the molecule is Cc1nc(C)c(C(=O)N2CCC[C@H]2c2ccc(Cc3cccc(C(F)(F)F)c3)cn2)o1. The molecule has 8 heteroatoms. The molecule has 1 saturated heterocycles. The van der Waals surface area contributed by atoms with Crippen molar-refractivity contribution in [3.63, 3.8) is 0 Å². The lowest BCUT2D eigenvalue weighted by molar-refractivity contribution is -0.137. The highest BCUT2D eigenvalue weighted by Crippen LogP contribution is 2.33. The number of alkyl halides is 3. The van der Waals surface area contributed by atoms with E-state index in [-0.39, 0.29) is 17.7 Å². The first-order valence-electron chi connectivity index (χ1n) is 10.1. The van der Waals surface area contributed by atoms with Crippen LogP contribution in [0.4, 0.5) is 13.2 Å². The molecule has 0 radical (unpaired) electrons. The average Bonchev–Trinajstić information content (AvgIpc) is 3.34. The molecule has 4 rings (SSSR count). The van der Waals surface area contributed by atoms with E-state index in [4.69, 9.17) is 4.42 Å². The van der Waals surface area contributed by atoms with E-state index in [1.807, 2.05) is 12.1 Å². The van der Waals surface area contributed by atoms with Crippen LogP contribution in [0.25, 0.3) is 0 Å². The highest BCUT2D eigenvalue weighted by molar-refractivity contribution is 5.93. The molecule has 1 fully saturated rings. The number of amides is 1. The van der Waals surface area contributed by atoms with Crippen molar-refractivity contribution in [3.8, 4) is 0 Å². The van der Waals surface area contributed by atoms with Gasteiger partial charge in [0.2, 0.25) is 5.76 Å². The van der Waals surface area contributed by atoms with Gasteiger partial charge in [0, 0.05) is 19.7 Å². The molecule has 162 valence electrons. The van der Waals surface area contributed by atoms with Gasteiger partial charge in [-0.2, -0.15) is 13.2 Å². The molecule has 0 spiro atoms. The number of carbonyl (C=O) groups excluding carboxylic acids is 1. The second-order valence-corrected chi connectivity index (χ2v) is 7.77. The number of aryl methyl sites for hydroxylation is 2. The molecule has 0 bridgehead atoms. The Bertz CT molecular complexity index is 1090. The molecule has 5 nitrogen and oxygen atoms in total. The van der Waals surface area contributed by atoms with E-state index < -0.39 is 11.7 Å². The number of hydrogen-bond acceptors (Lipinski definition) is 4. The summed E-state index contributed by atoms with van der Waals surface area (Å²) in [5.74, 6) is 0.509. The van der Waals surface area contributed by atoms with Crippen molar-refractivity contribution in [1.82, 2.24) is 14.9 Å². The zero-order valence-electron chi connectivity index (χ0n) is 17.2. The minimum atomic E-state index is -4.36. The Morgan fingerprint density at radius 2 is 2.00 bits per heavy atom. The lowest BCUT2D eigenvalue weighted by atomic mass is 10.0. The monoisotopic (exact) mass is 429 g/mol. The molecule has 2 aromatic heterocycles. The Morgan fingerprint density at radius 1 is 1.19 bits per heavy atom. The van der Waals surface area contributed by atoms with Gasteiger partial charge < -0.3 is 9.32 Å². The van der Waals surface area contributed by atoms with Crippen molar-refractivity contribution < 1.29 is 22.4 Å². The van der Waals surface area contributed by atoms with E-state index in [1.54, 1.807) is 31.0 Å². The molecule has 3 aromatic rings. The van der Waals surface area contributed by atoms with Gasteiger partial charge in [0.1, 0.15) is 0 Å². The highest BCUT2D eigenvalue weighted by Gasteiger charge is 2.34. The normalized spacial score (nSPS) is 16.7. The maximum atomic E-state index is 13.0. The fraction of sp³-hybridized carbons (Fsp3) is 0.348. The molecule has 3 heterocycles. The predicted molar refractivity (Wildman–Crippen MR) is 107 cm³/mol. The Kier molecular flexibility index (Phi) is 5.56. The molecular formula is C23H22F3N3O2. The number of pyridine rings is 1. The van der Waals surface area contributed by atoms with Crippen molar-refractivity contribution in [2.45, 2.75) is 45.3 Å². The van der Waals surface area contributed by atoms with Crippen LogP contribution in [0, 0.1) is 13.8 Å². The number of rotatable bonds is 4. The van der Waals surface area contributed by atoms with Crippen LogP contribution in [0.2, 0.25) is 0 Å². The van der Waals surface area contributed by atoms with Crippen molar-refractivity contribution >= 4 is 5.91 Å². The largest absolute Gasteiger partial charge is 0.436 e. The standard InChI is InChI=1S/C23H22F3N3O2/c1-14-21(31-15(2)28-14)22(30)29-10-4-7-20(29)19-9-8-17(13-27-19)11-16-5-3-6-18(12-16)23(24,25)26/h3,5-6,8-9,12-13,20H,4,7,10-11H2,1-2H3/t20-/m0/s1. The molecule has 0 aliphatic carbocycles. The molecule has 0 N–H and O–H groups in total. The third kappa shape index (κ3) is 4.47. The third-order valence-electron chi connectivity index (χ3n) is 5.46. The Labute approximate surface area is 177 Å². The van der Waals surface area contributed by atoms with Gasteiger partial charge in [0.05, 0.1) is 23.0 Å². The minimum absolute atomic E-state index is 0.167. The summed E-state index contributed by atoms with van der Waals surface area (Å²) in [6.07, 6.45) is -0.702. The minimum Gasteiger partial charge on any atom is -0.436 e. The molecule has 1 aromatic carbocycles. The maximum Gasteiger partial charge on any atom is 0.416 e. The van der Waals surface area contributed by atoms with Gasteiger partial charge in [-0.05, 0) is 49.4 Å². The second-order valence-electron chi connectivity index (χ2n) is 7.77. The molecule has 0 saturated carbocycles. The number of benzene rings is 1. The molecule has 0 unspecified atom stereocenters. The summed E-state index contributed by atoms with van der Waals surface area (Å²) in [6, 6.07) is 8.84. The van der Waals surface area contributed by atoms with E-state index in [0.29, 0.717) is 30.1 Å². The average molecular weight is 429 g/mol. The second kappa shape index (κ2) is 8.17. The van der Waals surface area contributed by atoms with Crippen molar-refractivity contribution in [3.05, 3.63) is 82.3 Å². The topological polar surface area (TPSA) is 59.2 Å². The first-order valence-corrected chi connectivity index (χ1v) is 10.1. The summed E-state index contributed by atoms with van der Waals surface area (Å²) in [5, 5.41) is 0. The molecule has 1 atom stereocenters. The van der Waals surface area contributed by atoms with Crippen molar-refractivity contribution in [1.29, 1.82) is 0 Å². The Balaban J connectivity index is 1.50. The number of oxazole rings is 1. The summed E-state index contributed by atoms with van der Waals surface area (Å²) < 4.78 is 44.3. The van der Waals surface area contributed by atoms with Crippen molar-refractivity contribution in [2.24, 2.45) is 0 Å². The van der Waals surface area contributed by atoms with Gasteiger partial charge in [0.15, 0.2) is 5.89 Å². The molecule has 1 amide bonds. The van der Waals surface area contributed by atoms with E-state index in [0.717, 1.165) is 36.2 Å². The molecule has 31 heavy (non-hydrogen) atoms. The van der Waals surface area contributed by atoms with Crippen LogP contribution in [0.15, 0.2) is 47.0 Å². The quantitative estimate of drug-likeness (QED) is 0.567. The first kappa shape index (κ1) is 21.1. The van der Waals surface area contributed by atoms with Gasteiger partial charge in [0.25, 0.3) is 5.91 Å². The van der Waals surface area contributed by atoms with Gasteiger partial charge in [-0.15, -0.1) is 0 Å². The van der Waals surface area contributed by atoms with E-state index in [9.17, 15) is 18.0 Å². The van der Waals surface area contributed by atoms with Crippen LogP contribution >= 0.6 is 0 Å². The summed E-state index contributed by atoms with van der Waals surface area (Å²) in [4.78, 5) is 23.4. The number of hydrogen-bond donors (Lipinski definition) is 0. The van der Waals surface area contributed by atoms with E-state index in [2.05, 4.69) is 9.97 Å². The number of likely N-dealkylation sites (tertiary alicyclic amines) is 1. The van der Waals surface area contributed by atoms with E-state index in [1.165, 1.54) is 6.07 Å². The van der Waals surface area contributed by atoms with Crippen LogP contribution in [0.5, 0.6) is 0 Å². The molecular weight excluding hydrogens is 407 g/mol. The van der Waals surface area contributed by atoms with Gasteiger partial charge in [-0.1, -0.05) is 24.3 Å². The van der Waals surface area contributed by atoms with E-state index >= 15 is 0 Å². The zero-order chi connectivity index (χ0) is 22.2. The van der Waals surface area contributed by atoms with Gasteiger partial charge in [-0.3, -0.25) is 9.78 Å². The number of aromatic nitrogens is 2. The van der Waals surface area contributed by atoms with Crippen LogP contribution in [0.1, 0.15) is 63.4 Å². The number of halogens is 3. The fourth-order valence-corrected chi connectivity index (χ4v) is 4.01. The van der Waals surface area contributed by atoms with Gasteiger partial charge in [-0.25, -0.2) is 4.98 Å². The van der Waals surface area contributed by atoms with Crippen LogP contribution < -0.4 is 0 Å². The smallest absolute Gasteiger partial charge is 0.416 e. The zero-order valence-corrected chi connectivity index (χ0v) is 17.2. The highest BCUT2D eigenvalue weighted by atomic mass is 19.4. The lowest BCUT2D eigenvalue weighted by Crippen LogP contribution is -2.31. The number of carbonyl (C=O) groups is 1. The van der Waals surface area contributed by atoms with Crippen LogP contribution in [-0.4, -0.2) is 27.3 Å². The fourth-order valence-electron chi connectivity index (χ4n) is 4.01. The molecule has 1 aliphatic heterocycles. The Hall–Kier alpha value is -3.16. The summed E-state index contributed by atoms with van der Waals surface area (Å²) >= 11 is 0. The summed E-state index contributed by atoms with van der Waals surface area (Å²) in [7, 11) is 0. The van der Waals surface area contributed by atoms with Crippen LogP contribution in [-0.2, 0) is 12.6 Å². The number of nitrogens with zero attached hydrogens (tertiary/aromatic N) is 3. The predicted octanol–water partition coefficient (Wildman–Crippen LogP) is 5.27. The summed E-state index contributed by atoms with van der Waals surface area (Å²) in [6.45, 7) is 4.06. The maximum absolute atomic E-state index is 13.0. The van der Waals surface area contributed by atoms with Crippen LogP contribution in [0.3, 0.4) is 0 Å². The first-order chi connectivity index (χ1) is 14.7. The third-order valence-corrected chi connectivity index (χ3v) is 5.46. The lowest BCUT2D eigenvalue weighted by Gasteiger charge is -2.23. The Morgan fingerprint density at radius 3 is 2.65 bits per heavy atom. The van der Waals surface area contributed by atoms with Gasteiger partial charge >= 0.3 is 6.18 Å². The van der Waals surface area contributed by atoms with Crippen molar-refractivity contribution in [2.75, 3.05) is 6.54 Å². The molecule has 1 aliphatic rings. The summed E-state index contributed by atoms with van der Waals surface area (Å²) in [5.41, 5.74) is 2.04.